The molecule has 0 amide bonds. The summed E-state index contributed by atoms with van der Waals surface area (Å²) in [6, 6.07) is 0. The molecule has 0 radical (unpaired) electrons. The van der Waals surface area contributed by atoms with Crippen LogP contribution in [0, 0.1) is 17.8 Å². The summed E-state index contributed by atoms with van der Waals surface area (Å²) >= 11 is 3.57. The summed E-state index contributed by atoms with van der Waals surface area (Å²) in [6.45, 7) is 0. The van der Waals surface area contributed by atoms with Crippen LogP contribution in [0.4, 0.5) is 0 Å². The van der Waals surface area contributed by atoms with E-state index in [1.165, 1.54) is 72.6 Å². The maximum atomic E-state index is 11.9. The SMILES string of the molecule is O=c1[nH]c2c(s1)C1(CCCCC1)C1C(S2)[C@@H]2CC[C@@H]1C2. The zero-order chi connectivity index (χ0) is 13.3. The lowest BCUT2D eigenvalue weighted by atomic mass is 9.60. The molecule has 1 aromatic heterocycles. The van der Waals surface area contributed by atoms with Crippen molar-refractivity contribution in [2.45, 2.75) is 67.1 Å². The largest absolute Gasteiger partial charge is 0.307 e. The Morgan fingerprint density at radius 2 is 1.90 bits per heavy atom. The molecule has 2 nitrogen and oxygen atoms in total. The van der Waals surface area contributed by atoms with Gasteiger partial charge in [-0.3, -0.25) is 4.79 Å². The number of nitrogens with one attached hydrogen (secondary N) is 1. The molecule has 2 bridgehead atoms. The van der Waals surface area contributed by atoms with E-state index in [9.17, 15) is 4.79 Å². The fourth-order valence-corrected chi connectivity index (χ4v) is 9.09. The lowest BCUT2D eigenvalue weighted by Crippen LogP contribution is -2.47. The summed E-state index contributed by atoms with van der Waals surface area (Å²) in [6.07, 6.45) is 11.2. The van der Waals surface area contributed by atoms with Gasteiger partial charge in [0.25, 0.3) is 0 Å². The van der Waals surface area contributed by atoms with E-state index in [4.69, 9.17) is 0 Å². The highest BCUT2D eigenvalue weighted by Crippen LogP contribution is 2.67. The van der Waals surface area contributed by atoms with Crippen LogP contribution in [-0.4, -0.2) is 10.2 Å². The summed E-state index contributed by atoms with van der Waals surface area (Å²) in [4.78, 5) is 16.7. The molecule has 0 aromatic carbocycles. The van der Waals surface area contributed by atoms with Crippen molar-refractivity contribution in [3.63, 3.8) is 0 Å². The van der Waals surface area contributed by atoms with E-state index in [1.54, 1.807) is 0 Å². The standard InChI is InChI=1S/C16H21NOS2/c18-15-17-14-13(20-15)16(6-2-1-3-7-16)11-9-4-5-10(8-9)12(11)19-14/h9-12H,1-8H2,(H,17,18)/t9-,10-,11?,12?/m1/s1. The van der Waals surface area contributed by atoms with Crippen LogP contribution in [-0.2, 0) is 5.41 Å². The van der Waals surface area contributed by atoms with Crippen LogP contribution >= 0.6 is 23.1 Å². The Hall–Kier alpha value is -0.220. The smallest absolute Gasteiger partial charge is 0.305 e. The van der Waals surface area contributed by atoms with Crippen molar-refractivity contribution in [1.82, 2.24) is 4.98 Å². The third kappa shape index (κ3) is 1.45. The summed E-state index contributed by atoms with van der Waals surface area (Å²) < 4.78 is 0. The molecule has 2 unspecified atom stereocenters. The normalized spacial score (nSPS) is 40.8. The monoisotopic (exact) mass is 307 g/mol. The fourth-order valence-electron chi connectivity index (χ4n) is 5.93. The van der Waals surface area contributed by atoms with Gasteiger partial charge in [0.05, 0.1) is 5.03 Å². The lowest BCUT2D eigenvalue weighted by Gasteiger charge is -2.51. The number of thiazole rings is 1. The van der Waals surface area contributed by atoms with Crippen LogP contribution < -0.4 is 4.87 Å². The summed E-state index contributed by atoms with van der Waals surface area (Å²) in [5.74, 6) is 2.77. The minimum atomic E-state index is 0.180. The van der Waals surface area contributed by atoms with Gasteiger partial charge in [0.15, 0.2) is 0 Å². The topological polar surface area (TPSA) is 32.9 Å². The Labute approximate surface area is 127 Å². The molecule has 1 N–H and O–H groups in total. The van der Waals surface area contributed by atoms with E-state index in [1.807, 2.05) is 11.8 Å². The van der Waals surface area contributed by atoms with Gasteiger partial charge in [0, 0.05) is 15.5 Å². The molecule has 3 aliphatic carbocycles. The first-order chi connectivity index (χ1) is 9.78. The summed E-state index contributed by atoms with van der Waals surface area (Å²) in [5.41, 5.74) is 0.382. The molecule has 1 spiro atoms. The van der Waals surface area contributed by atoms with Crippen molar-refractivity contribution in [3.8, 4) is 0 Å². The van der Waals surface area contributed by atoms with Crippen molar-refractivity contribution in [1.29, 1.82) is 0 Å². The molecule has 5 rings (SSSR count). The van der Waals surface area contributed by atoms with Crippen LogP contribution in [0.2, 0.25) is 0 Å². The van der Waals surface area contributed by atoms with Crippen molar-refractivity contribution >= 4 is 23.1 Å². The number of H-pyrrole nitrogens is 1. The maximum Gasteiger partial charge on any atom is 0.305 e. The number of hydrogen-bond acceptors (Lipinski definition) is 3. The third-order valence-corrected chi connectivity index (χ3v) is 9.27. The molecule has 108 valence electrons. The first-order valence-corrected chi connectivity index (χ1v) is 9.88. The van der Waals surface area contributed by atoms with Crippen LogP contribution in [0.3, 0.4) is 0 Å². The van der Waals surface area contributed by atoms with Crippen LogP contribution in [0.1, 0.15) is 56.2 Å². The Kier molecular flexibility index (Phi) is 2.57. The van der Waals surface area contributed by atoms with Gasteiger partial charge in [-0.15, -0.1) is 11.8 Å². The number of fused-ring (bicyclic) bond motifs is 8. The van der Waals surface area contributed by atoms with Gasteiger partial charge >= 0.3 is 4.87 Å². The van der Waals surface area contributed by atoms with E-state index in [0.717, 1.165) is 23.0 Å². The quantitative estimate of drug-likeness (QED) is 0.780. The second kappa shape index (κ2) is 4.16. The molecule has 4 aliphatic rings. The van der Waals surface area contributed by atoms with Gasteiger partial charge in [-0.25, -0.2) is 0 Å². The predicted octanol–water partition coefficient (Wildman–Crippen LogP) is 4.16. The highest BCUT2D eigenvalue weighted by molar-refractivity contribution is 8.00. The molecule has 2 heterocycles. The number of rotatable bonds is 0. The average Bonchev–Trinajstić information content (AvgIpc) is 3.14. The second-order valence-corrected chi connectivity index (χ2v) is 9.50. The van der Waals surface area contributed by atoms with Gasteiger partial charge in [-0.05, 0) is 49.9 Å². The molecule has 4 heteroatoms. The van der Waals surface area contributed by atoms with Crippen LogP contribution in [0.5, 0.6) is 0 Å². The van der Waals surface area contributed by atoms with Gasteiger partial charge in [-0.1, -0.05) is 30.6 Å². The molecular weight excluding hydrogens is 286 g/mol. The molecule has 0 saturated heterocycles. The molecule has 3 saturated carbocycles. The molecule has 20 heavy (non-hydrogen) atoms. The second-order valence-electron chi connectivity index (χ2n) is 7.33. The van der Waals surface area contributed by atoms with Crippen molar-refractivity contribution in [3.05, 3.63) is 14.5 Å². The van der Waals surface area contributed by atoms with Gasteiger partial charge in [0.2, 0.25) is 0 Å². The third-order valence-electron chi connectivity index (χ3n) is 6.55. The highest BCUT2D eigenvalue weighted by Gasteiger charge is 2.60. The minimum absolute atomic E-state index is 0.180. The molecule has 1 aromatic rings. The molecular formula is C16H21NOS2. The Morgan fingerprint density at radius 1 is 1.10 bits per heavy atom. The zero-order valence-electron chi connectivity index (χ0n) is 11.7. The predicted molar refractivity (Wildman–Crippen MR) is 83.7 cm³/mol. The molecule has 3 fully saturated rings. The fraction of sp³-hybridized carbons (Fsp3) is 0.812. The van der Waals surface area contributed by atoms with Crippen LogP contribution in [0.25, 0.3) is 0 Å². The van der Waals surface area contributed by atoms with Gasteiger partial charge in [-0.2, -0.15) is 0 Å². The van der Waals surface area contributed by atoms with Gasteiger partial charge in [0.1, 0.15) is 0 Å². The average molecular weight is 307 g/mol. The number of aromatic nitrogens is 1. The van der Waals surface area contributed by atoms with Crippen molar-refractivity contribution in [2.75, 3.05) is 0 Å². The number of hydrogen-bond donors (Lipinski definition) is 1. The summed E-state index contributed by atoms with van der Waals surface area (Å²) in [5, 5.41) is 2.07. The zero-order valence-corrected chi connectivity index (χ0v) is 13.3. The maximum absolute atomic E-state index is 11.9. The molecule has 4 atom stereocenters. The first kappa shape index (κ1) is 12.3. The van der Waals surface area contributed by atoms with Crippen LogP contribution in [0.15, 0.2) is 9.82 Å². The number of aromatic amines is 1. The molecule has 1 aliphatic heterocycles. The van der Waals surface area contributed by atoms with E-state index in [2.05, 4.69) is 4.98 Å². The minimum Gasteiger partial charge on any atom is -0.307 e. The Bertz CT molecular complexity index is 598. The van der Waals surface area contributed by atoms with E-state index in [0.29, 0.717) is 5.41 Å². The van der Waals surface area contributed by atoms with Gasteiger partial charge < -0.3 is 4.98 Å². The first-order valence-electron chi connectivity index (χ1n) is 8.18. The van der Waals surface area contributed by atoms with E-state index >= 15 is 0 Å². The van der Waals surface area contributed by atoms with Crippen molar-refractivity contribution < 1.29 is 0 Å². The highest BCUT2D eigenvalue weighted by atomic mass is 32.2. The Balaban J connectivity index is 1.70. The lowest BCUT2D eigenvalue weighted by molar-refractivity contribution is 0.135. The Morgan fingerprint density at radius 3 is 2.75 bits per heavy atom. The van der Waals surface area contributed by atoms with E-state index < -0.39 is 0 Å². The summed E-state index contributed by atoms with van der Waals surface area (Å²) in [7, 11) is 0. The number of thioether (sulfide) groups is 1. The van der Waals surface area contributed by atoms with E-state index in [-0.39, 0.29) is 4.87 Å². The van der Waals surface area contributed by atoms with Crippen molar-refractivity contribution in [2.24, 2.45) is 17.8 Å².